The first-order valence-electron chi connectivity index (χ1n) is 6.58. The van der Waals surface area contributed by atoms with E-state index < -0.39 is 21.1 Å². The van der Waals surface area contributed by atoms with Gasteiger partial charge < -0.3 is 9.47 Å². The maximum Gasteiger partial charge on any atom is 0.224 e. The zero-order chi connectivity index (χ0) is 16.0. The summed E-state index contributed by atoms with van der Waals surface area (Å²) in [5.74, 6) is -0.169. The summed E-state index contributed by atoms with van der Waals surface area (Å²) in [6.07, 6.45) is 0. The van der Waals surface area contributed by atoms with Gasteiger partial charge >= 0.3 is 0 Å². The average Bonchev–Trinajstić information content (AvgIpc) is 2.55. The number of hydrogen-bond donors (Lipinski definition) is 0. The second-order valence-electron chi connectivity index (χ2n) is 4.49. The van der Waals surface area contributed by atoms with Crippen molar-refractivity contribution < 1.29 is 22.7 Å². The highest BCUT2D eigenvalue weighted by Crippen LogP contribution is 2.18. The monoisotopic (exact) mass is 320 g/mol. The van der Waals surface area contributed by atoms with Gasteiger partial charge in [-0.1, -0.05) is 36.4 Å². The van der Waals surface area contributed by atoms with Gasteiger partial charge in [0.1, 0.15) is 5.75 Å². The topological polar surface area (TPSA) is 69.7 Å². The van der Waals surface area contributed by atoms with Gasteiger partial charge in [-0.3, -0.25) is 4.79 Å². The number of ether oxygens (including phenoxy) is 2. The van der Waals surface area contributed by atoms with E-state index in [-0.39, 0.29) is 11.5 Å². The maximum atomic E-state index is 12.4. The molecule has 0 aliphatic carbocycles. The molecule has 0 bridgehead atoms. The molecular formula is C16H16O5S. The molecule has 0 fully saturated rings. The number of methoxy groups -OCH3 is 1. The third-order valence-electron chi connectivity index (χ3n) is 2.95. The molecule has 0 heterocycles. The van der Waals surface area contributed by atoms with Crippen molar-refractivity contribution in [2.24, 2.45) is 0 Å². The molecule has 0 saturated heterocycles. The summed E-state index contributed by atoms with van der Waals surface area (Å²) >= 11 is 0. The van der Waals surface area contributed by atoms with Crippen LogP contribution in [0.5, 0.6) is 5.75 Å². The summed E-state index contributed by atoms with van der Waals surface area (Å²) < 4.78 is 35.0. The smallest absolute Gasteiger partial charge is 0.224 e. The molecule has 22 heavy (non-hydrogen) atoms. The number of benzene rings is 2. The SMILES string of the molecule is COC(C(=O)COc1ccccc1)S(=O)(=O)c1ccccc1. The van der Waals surface area contributed by atoms with Crippen molar-refractivity contribution in [3.05, 3.63) is 60.7 Å². The number of ketones is 1. The minimum atomic E-state index is -3.91. The molecule has 0 radical (unpaired) electrons. The number of hydrogen-bond acceptors (Lipinski definition) is 5. The lowest BCUT2D eigenvalue weighted by molar-refractivity contribution is -0.126. The predicted molar refractivity (Wildman–Crippen MR) is 81.4 cm³/mol. The zero-order valence-electron chi connectivity index (χ0n) is 12.0. The molecule has 0 saturated carbocycles. The summed E-state index contributed by atoms with van der Waals surface area (Å²) in [7, 11) is -2.72. The maximum absolute atomic E-state index is 12.4. The van der Waals surface area contributed by atoms with Gasteiger partial charge in [0.05, 0.1) is 4.90 Å². The lowest BCUT2D eigenvalue weighted by atomic mass is 10.3. The Balaban J connectivity index is 2.12. The molecule has 1 unspecified atom stereocenters. The van der Waals surface area contributed by atoms with E-state index in [0.29, 0.717) is 5.75 Å². The summed E-state index contributed by atoms with van der Waals surface area (Å²) in [4.78, 5) is 12.2. The van der Waals surface area contributed by atoms with Crippen LogP contribution in [0, 0.1) is 0 Å². The largest absolute Gasteiger partial charge is 0.486 e. The van der Waals surface area contributed by atoms with Crippen LogP contribution >= 0.6 is 0 Å². The number of carbonyl (C=O) groups is 1. The summed E-state index contributed by atoms with van der Waals surface area (Å²) in [5.41, 5.74) is -1.58. The molecule has 116 valence electrons. The van der Waals surface area contributed by atoms with Crippen molar-refractivity contribution in [3.8, 4) is 5.75 Å². The van der Waals surface area contributed by atoms with Gasteiger partial charge in [0, 0.05) is 7.11 Å². The third-order valence-corrected chi connectivity index (χ3v) is 4.90. The molecule has 5 nitrogen and oxygen atoms in total. The quantitative estimate of drug-likeness (QED) is 0.781. The van der Waals surface area contributed by atoms with E-state index in [1.807, 2.05) is 6.07 Å². The van der Waals surface area contributed by atoms with E-state index >= 15 is 0 Å². The van der Waals surface area contributed by atoms with E-state index in [1.54, 1.807) is 42.5 Å². The number of sulfone groups is 1. The highest BCUT2D eigenvalue weighted by molar-refractivity contribution is 7.92. The van der Waals surface area contributed by atoms with Crippen molar-refractivity contribution >= 4 is 15.6 Å². The average molecular weight is 320 g/mol. The molecule has 0 aliphatic rings. The lowest BCUT2D eigenvalue weighted by Gasteiger charge is -2.15. The summed E-state index contributed by atoms with van der Waals surface area (Å²) in [6, 6.07) is 16.4. The standard InChI is InChI=1S/C16H16O5S/c1-20-16(22(18,19)14-10-6-3-7-11-14)15(17)12-21-13-8-4-2-5-9-13/h2-11,16H,12H2,1H3. The fraction of sp³-hybridized carbons (Fsp3) is 0.188. The number of carbonyl (C=O) groups excluding carboxylic acids is 1. The van der Waals surface area contributed by atoms with E-state index in [4.69, 9.17) is 9.47 Å². The predicted octanol–water partition coefficient (Wildman–Crippen LogP) is 2.08. The van der Waals surface area contributed by atoms with Crippen LogP contribution in [0.2, 0.25) is 0 Å². The molecule has 6 heteroatoms. The zero-order valence-corrected chi connectivity index (χ0v) is 12.8. The molecule has 2 aromatic carbocycles. The molecule has 0 N–H and O–H groups in total. The molecule has 0 spiro atoms. The normalized spacial score (nSPS) is 12.6. The minimum Gasteiger partial charge on any atom is -0.486 e. The Bertz CT molecular complexity index is 711. The lowest BCUT2D eigenvalue weighted by Crippen LogP contribution is -2.35. The first-order chi connectivity index (χ1) is 10.6. The van der Waals surface area contributed by atoms with Gasteiger partial charge in [0.15, 0.2) is 6.61 Å². The molecular weight excluding hydrogens is 304 g/mol. The van der Waals surface area contributed by atoms with Gasteiger partial charge in [-0.05, 0) is 24.3 Å². The van der Waals surface area contributed by atoms with Gasteiger partial charge in [-0.15, -0.1) is 0 Å². The number of para-hydroxylation sites is 1. The van der Waals surface area contributed by atoms with Crippen LogP contribution in [0.15, 0.2) is 65.6 Å². The summed E-state index contributed by atoms with van der Waals surface area (Å²) in [5, 5.41) is 0. The van der Waals surface area contributed by atoms with Gasteiger partial charge in [0.2, 0.25) is 21.1 Å². The van der Waals surface area contributed by atoms with E-state index in [1.165, 1.54) is 19.2 Å². The highest BCUT2D eigenvalue weighted by Gasteiger charge is 2.34. The van der Waals surface area contributed by atoms with Crippen molar-refractivity contribution in [3.63, 3.8) is 0 Å². The Morgan fingerprint density at radius 3 is 2.09 bits per heavy atom. The molecule has 1 atom stereocenters. The van der Waals surface area contributed by atoms with E-state index in [0.717, 1.165) is 0 Å². The van der Waals surface area contributed by atoms with Crippen LogP contribution in [-0.4, -0.2) is 33.4 Å². The Morgan fingerprint density at radius 2 is 1.55 bits per heavy atom. The fourth-order valence-corrected chi connectivity index (χ4v) is 3.36. The van der Waals surface area contributed by atoms with Gasteiger partial charge in [-0.25, -0.2) is 8.42 Å². The Labute approximate surface area is 129 Å². The molecule has 0 amide bonds. The van der Waals surface area contributed by atoms with Crippen LogP contribution in [0.4, 0.5) is 0 Å². The van der Waals surface area contributed by atoms with Gasteiger partial charge in [-0.2, -0.15) is 0 Å². The minimum absolute atomic E-state index is 0.0370. The van der Waals surface area contributed by atoms with Crippen LogP contribution in [-0.2, 0) is 19.4 Å². The number of rotatable bonds is 7. The fourth-order valence-electron chi connectivity index (χ4n) is 1.90. The first kappa shape index (κ1) is 16.2. The van der Waals surface area contributed by atoms with Crippen LogP contribution < -0.4 is 4.74 Å². The molecule has 0 aliphatic heterocycles. The second-order valence-corrected chi connectivity index (χ2v) is 6.48. The van der Waals surface area contributed by atoms with Crippen LogP contribution in [0.25, 0.3) is 0 Å². The highest BCUT2D eigenvalue weighted by atomic mass is 32.2. The molecule has 0 aromatic heterocycles. The van der Waals surface area contributed by atoms with Crippen molar-refractivity contribution in [1.29, 1.82) is 0 Å². The second kappa shape index (κ2) is 7.20. The van der Waals surface area contributed by atoms with Crippen molar-refractivity contribution in [2.75, 3.05) is 13.7 Å². The van der Waals surface area contributed by atoms with Crippen LogP contribution in [0.3, 0.4) is 0 Å². The molecule has 2 aromatic rings. The first-order valence-corrected chi connectivity index (χ1v) is 8.12. The Morgan fingerprint density at radius 1 is 1.00 bits per heavy atom. The number of Topliss-reactive ketones (excluding diaryl/α,β-unsaturated/α-hetero) is 1. The van der Waals surface area contributed by atoms with Crippen LogP contribution in [0.1, 0.15) is 0 Å². The van der Waals surface area contributed by atoms with Crippen molar-refractivity contribution in [1.82, 2.24) is 0 Å². The van der Waals surface area contributed by atoms with Crippen molar-refractivity contribution in [2.45, 2.75) is 10.3 Å². The third kappa shape index (κ3) is 3.72. The molecule has 2 rings (SSSR count). The van der Waals surface area contributed by atoms with E-state index in [2.05, 4.69) is 0 Å². The van der Waals surface area contributed by atoms with E-state index in [9.17, 15) is 13.2 Å². The summed E-state index contributed by atoms with van der Waals surface area (Å²) in [6.45, 7) is -0.380. The Kier molecular flexibility index (Phi) is 5.30. The van der Waals surface area contributed by atoms with Gasteiger partial charge in [0.25, 0.3) is 0 Å². The Hall–Kier alpha value is -2.18.